The van der Waals surface area contributed by atoms with Crippen LogP contribution in [0.25, 0.3) is 0 Å². The Morgan fingerprint density at radius 1 is 1.12 bits per heavy atom. The fourth-order valence-corrected chi connectivity index (χ4v) is 7.68. The molecule has 1 aromatic heterocycles. The Bertz CT molecular complexity index is 1390. The minimum absolute atomic E-state index is 0.0614. The zero-order valence-electron chi connectivity index (χ0n) is 18.5. The number of carbonyl (C=O) groups is 1. The molecule has 0 spiro atoms. The van der Waals surface area contributed by atoms with Crippen LogP contribution in [0.1, 0.15) is 66.0 Å². The fraction of sp³-hybridized carbons (Fsp3) is 0.346. The maximum Gasteiger partial charge on any atom is 0.161 e. The predicted octanol–water partition coefficient (Wildman–Crippen LogP) is 6.39. The Kier molecular flexibility index (Phi) is 5.33. The predicted molar refractivity (Wildman–Crippen MR) is 137 cm³/mol. The van der Waals surface area contributed by atoms with Gasteiger partial charge in [0.15, 0.2) is 11.6 Å². The molecule has 0 radical (unpaired) electrons. The molecule has 2 aliphatic heterocycles. The van der Waals surface area contributed by atoms with Crippen molar-refractivity contribution in [3.8, 4) is 6.07 Å². The van der Waals surface area contributed by atoms with Crippen LogP contribution in [0.3, 0.4) is 0 Å². The third-order valence-corrected chi connectivity index (χ3v) is 9.05. The molecule has 2 N–H and O–H groups in total. The molecule has 0 saturated carbocycles. The normalized spacial score (nSPS) is 21.8. The van der Waals surface area contributed by atoms with E-state index in [1.165, 1.54) is 23.3 Å². The number of hydrogen-bond donors (Lipinski definition) is 1. The van der Waals surface area contributed by atoms with Crippen molar-refractivity contribution in [2.75, 3.05) is 4.90 Å². The van der Waals surface area contributed by atoms with Gasteiger partial charge >= 0.3 is 0 Å². The van der Waals surface area contributed by atoms with Gasteiger partial charge in [0.05, 0.1) is 23.1 Å². The number of Topliss-reactive ketones (excluding diaryl/α,β-unsaturated/α-hetero) is 1. The summed E-state index contributed by atoms with van der Waals surface area (Å²) < 4.78 is 0. The van der Waals surface area contributed by atoms with Crippen molar-refractivity contribution in [2.24, 2.45) is 10.7 Å². The zero-order valence-corrected chi connectivity index (χ0v) is 20.8. The molecule has 5 nitrogen and oxygen atoms in total. The summed E-state index contributed by atoms with van der Waals surface area (Å²) in [6.07, 6.45) is 7.51. The van der Waals surface area contributed by atoms with Gasteiger partial charge in [0, 0.05) is 32.6 Å². The van der Waals surface area contributed by atoms with Crippen LogP contribution in [0.15, 0.2) is 45.9 Å². The quantitative estimate of drug-likeness (QED) is 0.452. The van der Waals surface area contributed by atoms with Crippen LogP contribution in [-0.4, -0.2) is 11.6 Å². The molecule has 0 saturated heterocycles. The average molecular weight is 509 g/mol. The minimum Gasteiger partial charge on any atom is -0.383 e. The van der Waals surface area contributed by atoms with E-state index in [4.69, 9.17) is 33.9 Å². The number of nitrogens with zero attached hydrogens (tertiary/aromatic N) is 3. The van der Waals surface area contributed by atoms with Crippen LogP contribution < -0.4 is 10.6 Å². The van der Waals surface area contributed by atoms with E-state index in [0.717, 1.165) is 48.4 Å². The molecule has 0 bridgehead atoms. The molecule has 2 aromatic rings. The van der Waals surface area contributed by atoms with E-state index in [9.17, 15) is 10.1 Å². The molecular weight excluding hydrogens is 487 g/mol. The van der Waals surface area contributed by atoms with Gasteiger partial charge in [0.2, 0.25) is 0 Å². The number of nitrogens with two attached hydrogens (primary N) is 1. The van der Waals surface area contributed by atoms with Gasteiger partial charge in [0.1, 0.15) is 10.8 Å². The maximum atomic E-state index is 13.4. The summed E-state index contributed by atoms with van der Waals surface area (Å²) in [6.45, 7) is 0. The number of allylic oxidation sites excluding steroid dienone is 3. The third kappa shape index (κ3) is 3.18. The van der Waals surface area contributed by atoms with Gasteiger partial charge in [-0.05, 0) is 61.8 Å². The Morgan fingerprint density at radius 3 is 2.74 bits per heavy atom. The number of nitriles is 1. The standard InChI is InChI=1S/C26H22Cl2N4OS/c27-13-9-10-14(17(28)11-13)21-16(12-29)25-31-24(30)22-15-5-2-1-3-8-20(15)34-26(22)32(25)18-6-4-7-19(33)23(18)21/h9-11,21H,1-8H2,(H2,30,31)/t21-/m1/s1. The monoisotopic (exact) mass is 508 g/mol. The number of rotatable bonds is 1. The number of benzene rings is 1. The molecule has 1 aromatic carbocycles. The lowest BCUT2D eigenvalue weighted by molar-refractivity contribution is -0.116. The Balaban J connectivity index is 1.64. The summed E-state index contributed by atoms with van der Waals surface area (Å²) in [7, 11) is 0. The number of aliphatic imine (C=N–C) groups is 1. The first kappa shape index (κ1) is 21.9. The molecule has 0 unspecified atom stereocenters. The van der Waals surface area contributed by atoms with Crippen molar-refractivity contribution in [1.29, 1.82) is 5.26 Å². The van der Waals surface area contributed by atoms with Crippen molar-refractivity contribution in [3.63, 3.8) is 0 Å². The number of halogens is 2. The van der Waals surface area contributed by atoms with E-state index in [0.29, 0.717) is 44.8 Å². The molecule has 8 heteroatoms. The molecule has 3 heterocycles. The lowest BCUT2D eigenvalue weighted by Gasteiger charge is -2.41. The van der Waals surface area contributed by atoms with Crippen molar-refractivity contribution in [1.82, 2.24) is 0 Å². The molecule has 0 amide bonds. The Hall–Kier alpha value is -2.59. The van der Waals surface area contributed by atoms with Crippen LogP contribution in [0.2, 0.25) is 10.0 Å². The number of thiophene rings is 1. The number of amidine groups is 1. The molecule has 34 heavy (non-hydrogen) atoms. The number of hydrogen-bond acceptors (Lipinski definition) is 6. The molecule has 1 atom stereocenters. The highest BCUT2D eigenvalue weighted by Crippen LogP contribution is 2.53. The summed E-state index contributed by atoms with van der Waals surface area (Å²) in [4.78, 5) is 21.6. The first-order chi connectivity index (χ1) is 16.5. The van der Waals surface area contributed by atoms with Gasteiger partial charge in [0.25, 0.3) is 0 Å². The number of carbonyl (C=O) groups excluding carboxylic acids is 1. The van der Waals surface area contributed by atoms with E-state index in [1.54, 1.807) is 23.5 Å². The van der Waals surface area contributed by atoms with E-state index in [1.807, 2.05) is 6.07 Å². The first-order valence-corrected chi connectivity index (χ1v) is 13.2. The summed E-state index contributed by atoms with van der Waals surface area (Å²) in [5.74, 6) is 0.458. The van der Waals surface area contributed by atoms with Gasteiger partial charge in [-0.15, -0.1) is 11.3 Å². The van der Waals surface area contributed by atoms with E-state index in [-0.39, 0.29) is 5.78 Å². The fourth-order valence-electron chi connectivity index (χ4n) is 5.74. The first-order valence-electron chi connectivity index (χ1n) is 11.6. The Morgan fingerprint density at radius 2 is 1.94 bits per heavy atom. The highest BCUT2D eigenvalue weighted by Gasteiger charge is 2.45. The second-order valence-electron chi connectivity index (χ2n) is 9.16. The van der Waals surface area contributed by atoms with Gasteiger partial charge in [-0.2, -0.15) is 5.26 Å². The van der Waals surface area contributed by atoms with Gasteiger partial charge in [-0.25, -0.2) is 4.99 Å². The zero-order chi connectivity index (χ0) is 23.6. The SMILES string of the molecule is N#CC1=C2N=C(N)c3c(sc4c3CCCCC4)N2C2=C(C(=O)CCC2)[C@@H]1c1ccc(Cl)cc1Cl. The highest BCUT2D eigenvalue weighted by molar-refractivity contribution is 7.17. The van der Waals surface area contributed by atoms with Gasteiger partial charge in [-0.3, -0.25) is 9.69 Å². The van der Waals surface area contributed by atoms with Crippen molar-refractivity contribution in [3.05, 3.63) is 72.5 Å². The summed E-state index contributed by atoms with van der Waals surface area (Å²) in [5.41, 5.74) is 11.5. The van der Waals surface area contributed by atoms with Crippen LogP contribution >= 0.6 is 34.5 Å². The van der Waals surface area contributed by atoms with Crippen molar-refractivity contribution in [2.45, 2.75) is 57.3 Å². The van der Waals surface area contributed by atoms with Crippen LogP contribution in [0.5, 0.6) is 0 Å². The van der Waals surface area contributed by atoms with Gasteiger partial charge < -0.3 is 5.73 Å². The van der Waals surface area contributed by atoms with Crippen LogP contribution in [0.4, 0.5) is 5.00 Å². The minimum atomic E-state index is -0.584. The van der Waals surface area contributed by atoms with Crippen LogP contribution in [-0.2, 0) is 17.6 Å². The lowest BCUT2D eigenvalue weighted by atomic mass is 9.75. The van der Waals surface area contributed by atoms with Crippen LogP contribution in [0, 0.1) is 11.3 Å². The summed E-state index contributed by atoms with van der Waals surface area (Å²) in [5, 5.41) is 12.3. The molecule has 0 fully saturated rings. The topological polar surface area (TPSA) is 82.5 Å². The second-order valence-corrected chi connectivity index (χ2v) is 11.1. The number of aryl methyl sites for hydroxylation is 1. The highest BCUT2D eigenvalue weighted by atomic mass is 35.5. The molecule has 6 rings (SSSR count). The molecule has 172 valence electrons. The number of ketones is 1. The number of anilines is 1. The summed E-state index contributed by atoms with van der Waals surface area (Å²) >= 11 is 14.5. The van der Waals surface area contributed by atoms with E-state index in [2.05, 4.69) is 11.0 Å². The molecule has 4 aliphatic rings. The second kappa shape index (κ2) is 8.27. The van der Waals surface area contributed by atoms with E-state index >= 15 is 0 Å². The third-order valence-electron chi connectivity index (χ3n) is 7.21. The van der Waals surface area contributed by atoms with Gasteiger partial charge in [-0.1, -0.05) is 35.7 Å². The van der Waals surface area contributed by atoms with Crippen molar-refractivity contribution >= 4 is 51.2 Å². The molecular formula is C26H22Cl2N4OS. The van der Waals surface area contributed by atoms with E-state index < -0.39 is 5.92 Å². The summed E-state index contributed by atoms with van der Waals surface area (Å²) in [6, 6.07) is 7.58. The van der Waals surface area contributed by atoms with Crippen molar-refractivity contribution < 1.29 is 4.79 Å². The molecule has 2 aliphatic carbocycles. The average Bonchev–Trinajstić information content (AvgIpc) is 3.02. The Labute approximate surface area is 212 Å². The maximum absolute atomic E-state index is 13.4. The largest absolute Gasteiger partial charge is 0.383 e. The smallest absolute Gasteiger partial charge is 0.161 e. The number of fused-ring (bicyclic) bond motifs is 6. The lowest BCUT2D eigenvalue weighted by Crippen LogP contribution is -2.38.